The molecule has 670 valence electrons. The van der Waals surface area contributed by atoms with E-state index in [2.05, 4.69) is 142 Å². The molecule has 3 nitrogen and oxygen atoms in total. The smallest absolute Gasteiger partial charge is 0.252 e. The van der Waals surface area contributed by atoms with Gasteiger partial charge in [-0.2, -0.15) is 0 Å². The van der Waals surface area contributed by atoms with Crippen LogP contribution in [0, 0.1) is 0 Å². The van der Waals surface area contributed by atoms with Crippen LogP contribution in [0.3, 0.4) is 0 Å². The normalized spacial score (nSPS) is 16.4. The summed E-state index contributed by atoms with van der Waals surface area (Å²) in [6, 6.07) is 24.0. The molecule has 0 fully saturated rings. The zero-order valence-corrected chi connectivity index (χ0v) is 84.2. The van der Waals surface area contributed by atoms with Crippen molar-refractivity contribution in [3.05, 3.63) is 309 Å². The van der Waals surface area contributed by atoms with Crippen molar-refractivity contribution in [2.45, 2.75) is 314 Å². The Morgan fingerprint density at radius 3 is 1.08 bits per heavy atom. The highest BCUT2D eigenvalue weighted by molar-refractivity contribution is 7.00. The summed E-state index contributed by atoms with van der Waals surface area (Å²) in [4.78, 5) is 3.78. The summed E-state index contributed by atoms with van der Waals surface area (Å²) in [5, 5.41) is 1.84. The molecule has 0 bridgehead atoms. The molecule has 2 aliphatic rings. The number of benzene rings is 13. The number of fused-ring (bicyclic) bond motifs is 7. The van der Waals surface area contributed by atoms with Gasteiger partial charge in [-0.3, -0.25) is 0 Å². The van der Waals surface area contributed by atoms with Crippen molar-refractivity contribution in [3.63, 3.8) is 0 Å². The minimum absolute atomic E-state index is 0.0139. The van der Waals surface area contributed by atoms with Crippen LogP contribution < -0.4 is 26.2 Å². The average Bonchev–Trinajstić information content (AvgIpc) is 1.17. The molecule has 0 saturated carbocycles. The number of nitrogens with zero attached hydrogens (tertiary/aromatic N) is 3. The molecule has 2 aliphatic heterocycles. The lowest BCUT2D eigenvalue weighted by molar-refractivity contribution is 0.568. The van der Waals surface area contributed by atoms with Crippen molar-refractivity contribution in [2.24, 2.45) is 0 Å². The molecule has 0 saturated heterocycles. The van der Waals surface area contributed by atoms with Gasteiger partial charge in [0.05, 0.1) is 53.9 Å². The van der Waals surface area contributed by atoms with Gasteiger partial charge in [-0.15, -0.1) is 0 Å². The first-order chi connectivity index (χ1) is 69.7. The van der Waals surface area contributed by atoms with Gasteiger partial charge in [0.15, 0.2) is 0 Å². The Kier molecular flexibility index (Phi) is 16.4. The summed E-state index contributed by atoms with van der Waals surface area (Å²) < 4.78 is 250. The lowest BCUT2D eigenvalue weighted by Gasteiger charge is -2.46. The molecular weight excluding hydrogens is 1570 g/mol. The molecule has 130 heavy (non-hydrogen) atoms. The van der Waals surface area contributed by atoms with Gasteiger partial charge in [-0.05, 0) is 271 Å². The molecule has 0 unspecified atom stereocenters. The van der Waals surface area contributed by atoms with E-state index in [0.717, 1.165) is 44.1 Å². The van der Waals surface area contributed by atoms with Crippen molar-refractivity contribution in [1.82, 2.24) is 4.57 Å². The van der Waals surface area contributed by atoms with Gasteiger partial charge in [0, 0.05) is 61.5 Å². The predicted molar refractivity (Wildman–Crippen MR) is 572 cm³/mol. The summed E-state index contributed by atoms with van der Waals surface area (Å²) in [5.41, 5.74) is -3.31. The Bertz CT molecular complexity index is 8060. The highest BCUT2D eigenvalue weighted by atomic mass is 15.2. The lowest BCUT2D eigenvalue weighted by Crippen LogP contribution is -2.61. The van der Waals surface area contributed by atoms with Crippen LogP contribution in [-0.2, 0) is 65.0 Å². The van der Waals surface area contributed by atoms with Gasteiger partial charge in [0.25, 0.3) is 6.71 Å². The maximum Gasteiger partial charge on any atom is 0.252 e. The third kappa shape index (κ3) is 17.1. The van der Waals surface area contributed by atoms with Gasteiger partial charge in [0.2, 0.25) is 0 Å². The number of hydrogen-bond donors (Lipinski definition) is 0. The van der Waals surface area contributed by atoms with E-state index in [9.17, 15) is 30.2 Å². The fraction of sp³-hybridized carbons (Fsp3) is 0.381. The standard InChI is InChI=1S/C126H148BN3/c1-115(2,3)83-50-45-78(46-51-83)94-71-90(122(22,23)24)73-98(93-58-54-87(119(13,14)15)75-102(93)126(34,35)36)113(94)129-107-60-49-80(77-41-38-37-39-42-77)65-104(107)127-103-59-57-92(128-105-61-55-85(117(7,8)9)69-96(105)97-70-86(118(10,11)12)56-62-106(97)128)76-108(103)130(110-67-82(66-109(129)112(110)127)81-63-88(120(16,17)18)68-89(64-81)121(19,20)21)114-95(79-47-52-84(53-48-79)116(4,5)6)72-91(123(25,26)27)74-99(114)111-100(124(28,29)30)43-40-44-101(111)125(31,32)33/h37-76H,1-36H3/i37D,38D,39D,40D,41D,42D,43D,44D,45D,46D,47D,48D,50D,51D,52D,53D,54D,58D,71D,72D,73D,74D,75D. The van der Waals surface area contributed by atoms with Crippen molar-refractivity contribution in [3.8, 4) is 72.4 Å². The molecule has 0 radical (unpaired) electrons. The number of hydrogen-bond acceptors (Lipinski definition) is 2. The Labute approximate surface area is 816 Å². The third-order valence-corrected chi connectivity index (χ3v) is 25.9. The maximum atomic E-state index is 12.1. The Morgan fingerprint density at radius 1 is 0.231 bits per heavy atom. The summed E-state index contributed by atoms with van der Waals surface area (Å²) >= 11 is 0. The Hall–Kier alpha value is -10.7. The molecule has 0 spiro atoms. The van der Waals surface area contributed by atoms with E-state index in [-0.39, 0.29) is 187 Å². The molecule has 4 heteroatoms. The SMILES string of the molecule is [2H]c1c([2H])c([2H])c(-c2ccc3c(c2)B2c4ccc(-n5c6ccc(C(C)(C)C)cc6c6cc(C(C)(C)C)ccc65)cc4N(c4c(-c5c([2H])c([2H])c(C(C)(C)C)c([2H])c5[2H])c([2H])c(C(C)(C)C)c([2H])c4-c4c(C(C)(C)C)c([2H])c([2H])c([2H])c4C(C)(C)C)c4cc(-c5cc(C(C)(C)C)cc(C(C)(C)C)c5)cc(c42)N3c2c(-c3c([2H])c([2H])c(C(C)(C)C)c([2H])c3[2H])c([2H])c(C(C)(C)C)c([2H])c2-c2c([2H])c([2H])c(C(C)(C)C)c([2H])c2C(C)(C)C)c([2H])c1[2H]. The first kappa shape index (κ1) is 67.5. The van der Waals surface area contributed by atoms with Gasteiger partial charge in [-0.1, -0.05) is 413 Å². The number of anilines is 6. The molecule has 0 atom stereocenters. The van der Waals surface area contributed by atoms with Crippen LogP contribution in [0.5, 0.6) is 0 Å². The summed E-state index contributed by atoms with van der Waals surface area (Å²) in [7, 11) is 0. The minimum atomic E-state index is -1.29. The van der Waals surface area contributed by atoms with E-state index in [0.29, 0.717) is 22.3 Å². The molecule has 16 rings (SSSR count). The average molecular weight is 1740 g/mol. The van der Waals surface area contributed by atoms with Gasteiger partial charge >= 0.3 is 0 Å². The van der Waals surface area contributed by atoms with Gasteiger partial charge in [0.1, 0.15) is 0 Å². The highest BCUT2D eigenvalue weighted by Gasteiger charge is 2.48. The quantitative estimate of drug-likeness (QED) is 0.133. The van der Waals surface area contributed by atoms with Crippen LogP contribution >= 0.6 is 0 Å². The third-order valence-electron chi connectivity index (χ3n) is 25.9. The Balaban J connectivity index is 1.33. The zero-order chi connectivity index (χ0) is 115. The molecular formula is C126H148BN3. The van der Waals surface area contributed by atoms with Crippen LogP contribution in [0.25, 0.3) is 94.3 Å². The van der Waals surface area contributed by atoms with Crippen molar-refractivity contribution in [2.75, 3.05) is 9.80 Å². The second-order valence-electron chi connectivity index (χ2n) is 49.1. The second kappa shape index (κ2) is 31.5. The van der Waals surface area contributed by atoms with E-state index in [1.54, 1.807) is 39.0 Å². The summed E-state index contributed by atoms with van der Waals surface area (Å²) in [6.45, 7) is 69.1. The fourth-order valence-corrected chi connectivity index (χ4v) is 18.1. The molecule has 1 aromatic heterocycles. The first-order valence-corrected chi connectivity index (χ1v) is 46.5. The highest BCUT2D eigenvalue weighted by Crippen LogP contribution is 2.59. The lowest BCUT2D eigenvalue weighted by atomic mass is 9.33. The maximum absolute atomic E-state index is 12.1. The molecule has 13 aromatic carbocycles. The largest absolute Gasteiger partial charge is 0.310 e. The van der Waals surface area contributed by atoms with Crippen LogP contribution in [0.4, 0.5) is 34.1 Å². The topological polar surface area (TPSA) is 11.4 Å². The predicted octanol–water partition coefficient (Wildman–Crippen LogP) is 34.4. The molecule has 0 N–H and O–H groups in total. The van der Waals surface area contributed by atoms with Gasteiger partial charge in [-0.25, -0.2) is 0 Å². The van der Waals surface area contributed by atoms with Crippen LogP contribution in [0.2, 0.25) is 0 Å². The van der Waals surface area contributed by atoms with Crippen LogP contribution in [0.15, 0.2) is 242 Å². The van der Waals surface area contributed by atoms with E-state index in [1.807, 2.05) is 186 Å². The van der Waals surface area contributed by atoms with Crippen LogP contribution in [0.1, 0.15) is 348 Å². The van der Waals surface area contributed by atoms with Crippen molar-refractivity contribution in [1.29, 1.82) is 0 Å². The molecule has 14 aromatic rings. The zero-order valence-electron chi connectivity index (χ0n) is 107. The van der Waals surface area contributed by atoms with Crippen molar-refractivity contribution >= 4 is 79.0 Å². The fourth-order valence-electron chi connectivity index (χ4n) is 18.1. The van der Waals surface area contributed by atoms with E-state index in [1.165, 1.54) is 0 Å². The summed E-state index contributed by atoms with van der Waals surface area (Å²) in [6.07, 6.45) is 0. The first-order valence-electron chi connectivity index (χ1n) is 58.0. The second-order valence-corrected chi connectivity index (χ2v) is 49.1. The number of rotatable bonds is 9. The van der Waals surface area contributed by atoms with Crippen LogP contribution in [-0.4, -0.2) is 11.3 Å². The van der Waals surface area contributed by atoms with E-state index >= 15 is 0 Å². The van der Waals surface area contributed by atoms with E-state index < -0.39 is 169 Å². The Morgan fingerprint density at radius 2 is 0.638 bits per heavy atom. The van der Waals surface area contributed by atoms with Gasteiger partial charge < -0.3 is 14.4 Å². The number of aromatic nitrogens is 1. The molecule has 0 aliphatic carbocycles. The summed E-state index contributed by atoms with van der Waals surface area (Å²) in [5.74, 6) is 0. The molecule has 0 amide bonds. The van der Waals surface area contributed by atoms with Crippen molar-refractivity contribution < 1.29 is 31.5 Å². The minimum Gasteiger partial charge on any atom is -0.310 e. The van der Waals surface area contributed by atoms with E-state index in [4.69, 9.17) is 1.37 Å². The monoisotopic (exact) mass is 1740 g/mol. The molecule has 3 heterocycles.